The predicted octanol–water partition coefficient (Wildman–Crippen LogP) is 2.05. The van der Waals surface area contributed by atoms with Crippen LogP contribution in [0.1, 0.15) is 12.0 Å². The van der Waals surface area contributed by atoms with E-state index >= 15 is 0 Å². The highest BCUT2D eigenvalue weighted by Gasteiger charge is 2.17. The van der Waals surface area contributed by atoms with Gasteiger partial charge in [0.05, 0.1) is 6.61 Å². The molecular weight excluding hydrogens is 300 g/mol. The van der Waals surface area contributed by atoms with Gasteiger partial charge < -0.3 is 20.1 Å². The fourth-order valence-electron chi connectivity index (χ4n) is 2.28. The number of amides is 1. The molecule has 2 rings (SSSR count). The lowest BCUT2D eigenvalue weighted by atomic mass is 10.1. The van der Waals surface area contributed by atoms with Gasteiger partial charge in [-0.15, -0.1) is 0 Å². The molecular formula is C16H24N2O3S. The highest BCUT2D eigenvalue weighted by Crippen LogP contribution is 2.22. The number of hydrogen-bond donors (Lipinski definition) is 2. The lowest BCUT2D eigenvalue weighted by Crippen LogP contribution is -2.39. The first-order valence-corrected chi connectivity index (χ1v) is 8.68. The number of carbonyl (C=O) groups excluding carboxylic acids is 1. The predicted molar refractivity (Wildman–Crippen MR) is 90.9 cm³/mol. The van der Waals surface area contributed by atoms with Crippen LogP contribution in [0.15, 0.2) is 18.2 Å². The number of ether oxygens (including phenoxy) is 2. The number of hydrogen-bond acceptors (Lipinski definition) is 5. The van der Waals surface area contributed by atoms with Crippen molar-refractivity contribution in [2.45, 2.75) is 19.4 Å². The van der Waals surface area contributed by atoms with E-state index in [-0.39, 0.29) is 11.9 Å². The Morgan fingerprint density at radius 1 is 1.45 bits per heavy atom. The van der Waals surface area contributed by atoms with E-state index in [9.17, 15) is 4.79 Å². The van der Waals surface area contributed by atoms with Gasteiger partial charge in [-0.2, -0.15) is 11.8 Å². The van der Waals surface area contributed by atoms with Crippen LogP contribution in [-0.4, -0.2) is 50.3 Å². The number of carbonyl (C=O) groups is 1. The van der Waals surface area contributed by atoms with Crippen LogP contribution in [-0.2, 0) is 9.53 Å². The number of benzene rings is 1. The molecule has 1 amide bonds. The maximum Gasteiger partial charge on any atom is 0.225 e. The topological polar surface area (TPSA) is 59.6 Å². The van der Waals surface area contributed by atoms with E-state index in [0.29, 0.717) is 19.6 Å². The van der Waals surface area contributed by atoms with Gasteiger partial charge in [0.25, 0.3) is 0 Å². The summed E-state index contributed by atoms with van der Waals surface area (Å²) >= 11 is 1.90. The Morgan fingerprint density at radius 3 is 3.00 bits per heavy atom. The van der Waals surface area contributed by atoms with Gasteiger partial charge in [-0.3, -0.25) is 4.79 Å². The van der Waals surface area contributed by atoms with Gasteiger partial charge in [0.1, 0.15) is 12.4 Å². The Balaban J connectivity index is 1.84. The summed E-state index contributed by atoms with van der Waals surface area (Å²) in [6.45, 7) is 4.03. The third-order valence-corrected chi connectivity index (χ3v) is 4.59. The zero-order valence-corrected chi connectivity index (χ0v) is 14.0. The second kappa shape index (κ2) is 9.02. The van der Waals surface area contributed by atoms with E-state index < -0.39 is 0 Å². The van der Waals surface area contributed by atoms with Crippen molar-refractivity contribution in [2.24, 2.45) is 0 Å². The van der Waals surface area contributed by atoms with Gasteiger partial charge in [0.15, 0.2) is 0 Å². The van der Waals surface area contributed by atoms with Crippen LogP contribution in [0.4, 0.5) is 5.69 Å². The molecule has 1 aliphatic heterocycles. The molecule has 2 N–H and O–H groups in total. The van der Waals surface area contributed by atoms with Gasteiger partial charge in [0.2, 0.25) is 5.91 Å². The molecule has 22 heavy (non-hydrogen) atoms. The van der Waals surface area contributed by atoms with Crippen LogP contribution in [0.5, 0.6) is 5.75 Å². The molecule has 1 aromatic rings. The molecule has 1 unspecified atom stereocenters. The van der Waals surface area contributed by atoms with Crippen molar-refractivity contribution in [1.82, 2.24) is 5.32 Å². The standard InChI is InChI=1S/C16H24N2O3S/c1-12-9-14(21-7-6-20-2)3-4-15(12)18-16(19)10-13-11-22-8-5-17-13/h3-4,9,13,17H,5-8,10-11H2,1-2H3,(H,18,19). The molecule has 0 spiro atoms. The molecule has 0 radical (unpaired) electrons. The van der Waals surface area contributed by atoms with Crippen LogP contribution in [0, 0.1) is 6.92 Å². The molecule has 1 aliphatic rings. The average molecular weight is 324 g/mol. The molecule has 1 saturated heterocycles. The van der Waals surface area contributed by atoms with Crippen molar-refractivity contribution >= 4 is 23.4 Å². The van der Waals surface area contributed by atoms with Crippen molar-refractivity contribution in [2.75, 3.05) is 43.7 Å². The third kappa shape index (κ3) is 5.51. The van der Waals surface area contributed by atoms with E-state index in [1.807, 2.05) is 36.9 Å². The Bertz CT molecular complexity index is 490. The molecule has 0 bridgehead atoms. The van der Waals surface area contributed by atoms with Crippen molar-refractivity contribution in [3.8, 4) is 5.75 Å². The Hall–Kier alpha value is -1.24. The molecule has 122 valence electrons. The Labute approximate surface area is 136 Å². The zero-order valence-electron chi connectivity index (χ0n) is 13.2. The summed E-state index contributed by atoms with van der Waals surface area (Å²) in [4.78, 5) is 12.1. The van der Waals surface area contributed by atoms with Crippen molar-refractivity contribution in [1.29, 1.82) is 0 Å². The summed E-state index contributed by atoms with van der Waals surface area (Å²) in [5, 5.41) is 6.36. The molecule has 1 aromatic carbocycles. The molecule has 0 saturated carbocycles. The fourth-order valence-corrected chi connectivity index (χ4v) is 3.23. The van der Waals surface area contributed by atoms with Crippen LogP contribution in [0.3, 0.4) is 0 Å². The summed E-state index contributed by atoms with van der Waals surface area (Å²) in [6, 6.07) is 5.96. The quantitative estimate of drug-likeness (QED) is 0.752. The van der Waals surface area contributed by atoms with Gasteiger partial charge in [0, 0.05) is 43.3 Å². The van der Waals surface area contributed by atoms with Crippen LogP contribution in [0.25, 0.3) is 0 Å². The van der Waals surface area contributed by atoms with E-state index in [4.69, 9.17) is 9.47 Å². The maximum absolute atomic E-state index is 12.1. The molecule has 0 aromatic heterocycles. The summed E-state index contributed by atoms with van der Waals surface area (Å²) < 4.78 is 10.5. The highest BCUT2D eigenvalue weighted by atomic mass is 32.2. The van der Waals surface area contributed by atoms with E-state index in [1.54, 1.807) is 7.11 Å². The first kappa shape index (κ1) is 17.1. The zero-order chi connectivity index (χ0) is 15.8. The summed E-state index contributed by atoms with van der Waals surface area (Å²) in [6.07, 6.45) is 0.512. The molecule has 1 fully saturated rings. The van der Waals surface area contributed by atoms with E-state index in [1.165, 1.54) is 0 Å². The monoisotopic (exact) mass is 324 g/mol. The van der Waals surface area contributed by atoms with Crippen molar-refractivity contribution in [3.05, 3.63) is 23.8 Å². The molecule has 1 heterocycles. The minimum Gasteiger partial charge on any atom is -0.491 e. The van der Waals surface area contributed by atoms with Crippen LogP contribution in [0.2, 0.25) is 0 Å². The van der Waals surface area contributed by atoms with E-state index in [0.717, 1.165) is 35.1 Å². The third-order valence-electron chi connectivity index (χ3n) is 3.46. The number of thioether (sulfide) groups is 1. The summed E-state index contributed by atoms with van der Waals surface area (Å²) in [5.74, 6) is 2.97. The lowest BCUT2D eigenvalue weighted by molar-refractivity contribution is -0.116. The number of nitrogens with one attached hydrogen (secondary N) is 2. The highest BCUT2D eigenvalue weighted by molar-refractivity contribution is 7.99. The molecule has 6 heteroatoms. The summed E-state index contributed by atoms with van der Waals surface area (Å²) in [5.41, 5.74) is 1.83. The van der Waals surface area contributed by atoms with Crippen LogP contribution < -0.4 is 15.4 Å². The Morgan fingerprint density at radius 2 is 2.32 bits per heavy atom. The molecule has 0 aliphatic carbocycles. The number of rotatable bonds is 7. The van der Waals surface area contributed by atoms with Crippen LogP contribution >= 0.6 is 11.8 Å². The lowest BCUT2D eigenvalue weighted by Gasteiger charge is -2.22. The molecule has 5 nitrogen and oxygen atoms in total. The van der Waals surface area contributed by atoms with Crippen molar-refractivity contribution in [3.63, 3.8) is 0 Å². The minimum atomic E-state index is 0.0520. The number of methoxy groups -OCH3 is 1. The minimum absolute atomic E-state index is 0.0520. The molecule has 1 atom stereocenters. The van der Waals surface area contributed by atoms with Gasteiger partial charge >= 0.3 is 0 Å². The summed E-state index contributed by atoms with van der Waals surface area (Å²) in [7, 11) is 1.65. The van der Waals surface area contributed by atoms with Gasteiger partial charge in [-0.25, -0.2) is 0 Å². The first-order chi connectivity index (χ1) is 10.7. The second-order valence-corrected chi connectivity index (χ2v) is 6.45. The number of anilines is 1. The Kier molecular flexibility index (Phi) is 7.02. The van der Waals surface area contributed by atoms with Gasteiger partial charge in [-0.1, -0.05) is 0 Å². The SMILES string of the molecule is COCCOc1ccc(NC(=O)CC2CSCCN2)c(C)c1. The van der Waals surface area contributed by atoms with Gasteiger partial charge in [-0.05, 0) is 30.7 Å². The van der Waals surface area contributed by atoms with Crippen molar-refractivity contribution < 1.29 is 14.3 Å². The number of aryl methyl sites for hydroxylation is 1. The normalized spacial score (nSPS) is 18.0. The second-order valence-electron chi connectivity index (χ2n) is 5.30. The van der Waals surface area contributed by atoms with E-state index in [2.05, 4.69) is 10.6 Å². The maximum atomic E-state index is 12.1. The smallest absolute Gasteiger partial charge is 0.225 e. The fraction of sp³-hybridized carbons (Fsp3) is 0.562. The average Bonchev–Trinajstić information content (AvgIpc) is 2.51. The largest absolute Gasteiger partial charge is 0.491 e. The first-order valence-electron chi connectivity index (χ1n) is 7.52.